The Hall–Kier alpha value is 0.1000. The second-order valence-corrected chi connectivity index (χ2v) is 8.05. The van der Waals surface area contributed by atoms with Gasteiger partial charge in [0.05, 0.1) is 16.0 Å². The van der Waals surface area contributed by atoms with Crippen LogP contribution < -0.4 is 5.32 Å². The first-order chi connectivity index (χ1) is 9.04. The standard InChI is InChI=1S/C15H24BrNOS/c1-5-8-17-15(12-6-7-13(16)19-12)14-9(2)10(3)18-11(14)4/h6-7,9-11,14-15,17H,5,8H2,1-4H3. The van der Waals surface area contributed by atoms with Crippen LogP contribution in [-0.2, 0) is 4.74 Å². The van der Waals surface area contributed by atoms with Gasteiger partial charge in [0, 0.05) is 16.8 Å². The molecule has 1 fully saturated rings. The van der Waals surface area contributed by atoms with Gasteiger partial charge in [-0.3, -0.25) is 0 Å². The van der Waals surface area contributed by atoms with Crippen LogP contribution in [0.5, 0.6) is 0 Å². The van der Waals surface area contributed by atoms with E-state index in [9.17, 15) is 0 Å². The molecule has 1 aromatic heterocycles. The van der Waals surface area contributed by atoms with Crippen molar-refractivity contribution in [3.05, 3.63) is 20.8 Å². The maximum Gasteiger partial charge on any atom is 0.0701 e. The van der Waals surface area contributed by atoms with Crippen molar-refractivity contribution in [3.63, 3.8) is 0 Å². The van der Waals surface area contributed by atoms with E-state index in [0.29, 0.717) is 30.1 Å². The molecule has 1 aromatic rings. The molecule has 0 radical (unpaired) electrons. The Bertz CT molecular complexity index is 409. The van der Waals surface area contributed by atoms with E-state index in [0.717, 1.165) is 13.0 Å². The summed E-state index contributed by atoms with van der Waals surface area (Å²) in [5, 5.41) is 3.73. The average molecular weight is 346 g/mol. The van der Waals surface area contributed by atoms with Crippen LogP contribution in [0.4, 0.5) is 0 Å². The lowest BCUT2D eigenvalue weighted by Gasteiger charge is -2.29. The molecule has 0 aromatic carbocycles. The van der Waals surface area contributed by atoms with E-state index < -0.39 is 0 Å². The third-order valence-corrected chi connectivity index (χ3v) is 5.93. The molecule has 1 saturated heterocycles. The lowest BCUT2D eigenvalue weighted by atomic mass is 9.82. The van der Waals surface area contributed by atoms with Gasteiger partial charge in [0.15, 0.2) is 0 Å². The van der Waals surface area contributed by atoms with Crippen LogP contribution >= 0.6 is 27.3 Å². The van der Waals surface area contributed by atoms with Crippen molar-refractivity contribution in [3.8, 4) is 0 Å². The fourth-order valence-electron chi connectivity index (χ4n) is 3.09. The van der Waals surface area contributed by atoms with Gasteiger partial charge in [-0.05, 0) is 60.8 Å². The topological polar surface area (TPSA) is 21.3 Å². The minimum atomic E-state index is 0.320. The predicted octanol–water partition coefficient (Wildman–Crippen LogP) is 4.61. The molecule has 0 saturated carbocycles. The molecular formula is C15H24BrNOS. The molecule has 19 heavy (non-hydrogen) atoms. The normalized spacial score (nSPS) is 32.7. The number of ether oxygens (including phenoxy) is 1. The molecule has 2 rings (SSSR count). The molecule has 0 amide bonds. The Kier molecular flexibility index (Phi) is 5.46. The first-order valence-corrected chi connectivity index (χ1v) is 8.79. The highest BCUT2D eigenvalue weighted by molar-refractivity contribution is 9.11. The van der Waals surface area contributed by atoms with E-state index in [1.54, 1.807) is 0 Å². The van der Waals surface area contributed by atoms with Gasteiger partial charge in [-0.25, -0.2) is 0 Å². The first kappa shape index (κ1) is 15.5. The van der Waals surface area contributed by atoms with Crippen LogP contribution in [0.1, 0.15) is 45.0 Å². The molecule has 1 aliphatic rings. The van der Waals surface area contributed by atoms with E-state index in [1.807, 2.05) is 11.3 Å². The molecule has 0 aliphatic carbocycles. The molecule has 5 atom stereocenters. The highest BCUT2D eigenvalue weighted by Gasteiger charge is 2.42. The van der Waals surface area contributed by atoms with Crippen LogP contribution in [0.15, 0.2) is 15.9 Å². The van der Waals surface area contributed by atoms with Crippen molar-refractivity contribution in [2.75, 3.05) is 6.54 Å². The Morgan fingerprint density at radius 3 is 2.53 bits per heavy atom. The van der Waals surface area contributed by atoms with Gasteiger partial charge >= 0.3 is 0 Å². The number of nitrogens with one attached hydrogen (secondary N) is 1. The van der Waals surface area contributed by atoms with Gasteiger partial charge in [0.1, 0.15) is 0 Å². The molecule has 2 nitrogen and oxygen atoms in total. The Morgan fingerprint density at radius 1 is 1.32 bits per heavy atom. The highest BCUT2D eigenvalue weighted by Crippen LogP contribution is 2.42. The maximum atomic E-state index is 6.03. The molecular weight excluding hydrogens is 322 g/mol. The largest absolute Gasteiger partial charge is 0.375 e. The quantitative estimate of drug-likeness (QED) is 0.841. The molecule has 108 valence electrons. The SMILES string of the molecule is CCCNC(c1ccc(Br)s1)C1C(C)OC(C)C1C. The lowest BCUT2D eigenvalue weighted by molar-refractivity contribution is 0.0476. The predicted molar refractivity (Wildman–Crippen MR) is 85.7 cm³/mol. The third-order valence-electron chi connectivity index (χ3n) is 4.22. The lowest BCUT2D eigenvalue weighted by Crippen LogP contribution is -2.34. The Balaban J connectivity index is 2.22. The summed E-state index contributed by atoms with van der Waals surface area (Å²) in [6.07, 6.45) is 1.84. The summed E-state index contributed by atoms with van der Waals surface area (Å²) in [5.41, 5.74) is 0. The summed E-state index contributed by atoms with van der Waals surface area (Å²) in [6.45, 7) is 10.0. The molecule has 0 spiro atoms. The van der Waals surface area contributed by atoms with Crippen LogP contribution in [-0.4, -0.2) is 18.8 Å². The monoisotopic (exact) mass is 345 g/mol. The number of rotatable bonds is 5. The van der Waals surface area contributed by atoms with Crippen LogP contribution in [0, 0.1) is 11.8 Å². The highest BCUT2D eigenvalue weighted by atomic mass is 79.9. The number of thiophene rings is 1. The summed E-state index contributed by atoms with van der Waals surface area (Å²) in [6, 6.07) is 4.80. The summed E-state index contributed by atoms with van der Waals surface area (Å²) in [5.74, 6) is 1.14. The summed E-state index contributed by atoms with van der Waals surface area (Å²) in [7, 11) is 0. The molecule has 0 bridgehead atoms. The van der Waals surface area contributed by atoms with E-state index in [-0.39, 0.29) is 0 Å². The van der Waals surface area contributed by atoms with Crippen molar-refractivity contribution < 1.29 is 4.74 Å². The summed E-state index contributed by atoms with van der Waals surface area (Å²) < 4.78 is 7.23. The van der Waals surface area contributed by atoms with Gasteiger partial charge in [-0.15, -0.1) is 11.3 Å². The molecule has 5 unspecified atom stereocenters. The second-order valence-electron chi connectivity index (χ2n) is 5.56. The van der Waals surface area contributed by atoms with Gasteiger partial charge in [-0.1, -0.05) is 13.8 Å². The zero-order chi connectivity index (χ0) is 14.0. The van der Waals surface area contributed by atoms with Gasteiger partial charge in [0.25, 0.3) is 0 Å². The maximum absolute atomic E-state index is 6.03. The van der Waals surface area contributed by atoms with Crippen LogP contribution in [0.3, 0.4) is 0 Å². The molecule has 4 heteroatoms. The van der Waals surface area contributed by atoms with E-state index in [2.05, 4.69) is 61.1 Å². The fourth-order valence-corrected chi connectivity index (χ4v) is 4.65. The number of halogens is 1. The van der Waals surface area contributed by atoms with Crippen molar-refractivity contribution in [2.45, 2.75) is 52.4 Å². The van der Waals surface area contributed by atoms with Crippen molar-refractivity contribution in [2.24, 2.45) is 11.8 Å². The van der Waals surface area contributed by atoms with Gasteiger partial charge < -0.3 is 10.1 Å². The smallest absolute Gasteiger partial charge is 0.0701 e. The zero-order valence-electron chi connectivity index (χ0n) is 12.2. The van der Waals surface area contributed by atoms with E-state index in [1.165, 1.54) is 8.66 Å². The fraction of sp³-hybridized carbons (Fsp3) is 0.733. The molecule has 1 N–H and O–H groups in total. The number of hydrogen-bond acceptors (Lipinski definition) is 3. The van der Waals surface area contributed by atoms with Gasteiger partial charge in [0.2, 0.25) is 0 Å². The van der Waals surface area contributed by atoms with Crippen molar-refractivity contribution in [1.29, 1.82) is 0 Å². The Labute approximate surface area is 129 Å². The second kappa shape index (κ2) is 6.70. The van der Waals surface area contributed by atoms with Crippen LogP contribution in [0.2, 0.25) is 0 Å². The minimum Gasteiger partial charge on any atom is -0.375 e. The van der Waals surface area contributed by atoms with Crippen molar-refractivity contribution >= 4 is 27.3 Å². The van der Waals surface area contributed by atoms with Gasteiger partial charge in [-0.2, -0.15) is 0 Å². The summed E-state index contributed by atoms with van der Waals surface area (Å²) >= 11 is 5.42. The minimum absolute atomic E-state index is 0.320. The van der Waals surface area contributed by atoms with E-state index in [4.69, 9.17) is 4.74 Å². The van der Waals surface area contributed by atoms with Crippen LogP contribution in [0.25, 0.3) is 0 Å². The van der Waals surface area contributed by atoms with E-state index >= 15 is 0 Å². The average Bonchev–Trinajstić information content (AvgIpc) is 2.88. The summed E-state index contributed by atoms with van der Waals surface area (Å²) in [4.78, 5) is 1.42. The molecule has 2 heterocycles. The first-order valence-electron chi connectivity index (χ1n) is 7.18. The third kappa shape index (κ3) is 3.41. The zero-order valence-corrected chi connectivity index (χ0v) is 14.6. The number of hydrogen-bond donors (Lipinski definition) is 1. The Morgan fingerprint density at radius 2 is 2.05 bits per heavy atom. The van der Waals surface area contributed by atoms with Crippen molar-refractivity contribution in [1.82, 2.24) is 5.32 Å². The molecule has 1 aliphatic heterocycles.